The predicted octanol–water partition coefficient (Wildman–Crippen LogP) is 2.20. The molecule has 6 heteroatoms. The number of esters is 1. The van der Waals surface area contributed by atoms with Crippen LogP contribution in [0.25, 0.3) is 0 Å². The van der Waals surface area contributed by atoms with Crippen molar-refractivity contribution in [1.29, 1.82) is 0 Å². The maximum atomic E-state index is 12.7. The number of rotatable bonds is 1. The van der Waals surface area contributed by atoms with E-state index in [4.69, 9.17) is 9.47 Å². The Bertz CT molecular complexity index is 663. The zero-order valence-electron chi connectivity index (χ0n) is 12.3. The van der Waals surface area contributed by atoms with Gasteiger partial charge in [0.25, 0.3) is 0 Å². The minimum absolute atomic E-state index is 0.0244. The Labute approximate surface area is 132 Å². The summed E-state index contributed by atoms with van der Waals surface area (Å²) in [5.41, 5.74) is -0.950. The first kappa shape index (κ1) is 13.9. The van der Waals surface area contributed by atoms with Crippen LogP contribution in [-0.2, 0) is 14.3 Å². The molecule has 3 heterocycles. The van der Waals surface area contributed by atoms with Crippen LogP contribution in [0.3, 0.4) is 0 Å². The van der Waals surface area contributed by atoms with Crippen LogP contribution < -0.4 is 9.64 Å². The summed E-state index contributed by atoms with van der Waals surface area (Å²) in [6, 6.07) is 7.52. The third-order valence-corrected chi connectivity index (χ3v) is 6.21. The summed E-state index contributed by atoms with van der Waals surface area (Å²) in [6.45, 7) is 0. The van der Waals surface area contributed by atoms with Gasteiger partial charge in [0.1, 0.15) is 11.2 Å². The Hall–Kier alpha value is -1.69. The summed E-state index contributed by atoms with van der Waals surface area (Å²) in [5.74, 6) is 1.91. The van der Waals surface area contributed by atoms with E-state index in [1.807, 2.05) is 24.3 Å². The summed E-state index contributed by atoms with van der Waals surface area (Å²) in [4.78, 5) is 27.0. The molecular formula is C16H17NO4S. The Balaban J connectivity index is 1.92. The van der Waals surface area contributed by atoms with Gasteiger partial charge in [-0.2, -0.15) is 11.8 Å². The van der Waals surface area contributed by atoms with Crippen LogP contribution >= 0.6 is 11.8 Å². The normalized spacial score (nSPS) is 32.6. The highest BCUT2D eigenvalue weighted by Crippen LogP contribution is 2.59. The monoisotopic (exact) mass is 319 g/mol. The molecule has 1 aromatic carbocycles. The van der Waals surface area contributed by atoms with E-state index in [9.17, 15) is 9.59 Å². The maximum Gasteiger partial charge on any atom is 0.318 e. The fourth-order valence-electron chi connectivity index (χ4n) is 3.99. The molecule has 2 fully saturated rings. The lowest BCUT2D eigenvalue weighted by atomic mass is 9.69. The molecule has 1 spiro atoms. The molecular weight excluding hydrogens is 302 g/mol. The van der Waals surface area contributed by atoms with E-state index in [2.05, 4.69) is 0 Å². The van der Waals surface area contributed by atoms with Crippen LogP contribution in [-0.4, -0.2) is 36.2 Å². The average Bonchev–Trinajstić information content (AvgIpc) is 2.89. The Morgan fingerprint density at radius 2 is 2.18 bits per heavy atom. The highest BCUT2D eigenvalue weighted by Gasteiger charge is 2.69. The quantitative estimate of drug-likeness (QED) is 0.743. The number of benzene rings is 1. The summed E-state index contributed by atoms with van der Waals surface area (Å²) >= 11 is 1.73. The van der Waals surface area contributed by atoms with E-state index >= 15 is 0 Å². The van der Waals surface area contributed by atoms with Gasteiger partial charge in [-0.25, -0.2) is 0 Å². The van der Waals surface area contributed by atoms with Crippen LogP contribution in [0.1, 0.15) is 19.3 Å². The Morgan fingerprint density at radius 3 is 3.00 bits per heavy atom. The summed E-state index contributed by atoms with van der Waals surface area (Å²) in [6.07, 6.45) is 1.46. The van der Waals surface area contributed by atoms with Gasteiger partial charge in [0.05, 0.1) is 12.8 Å². The highest BCUT2D eigenvalue weighted by molar-refractivity contribution is 7.99. The summed E-state index contributed by atoms with van der Waals surface area (Å²) < 4.78 is 11.4. The average molecular weight is 319 g/mol. The lowest BCUT2D eigenvalue weighted by molar-refractivity contribution is -0.172. The molecule has 116 valence electrons. The number of anilines is 1. The summed E-state index contributed by atoms with van der Waals surface area (Å²) in [7, 11) is 1.41. The number of piperidine rings is 1. The van der Waals surface area contributed by atoms with Crippen molar-refractivity contribution in [3.05, 3.63) is 24.3 Å². The molecule has 2 unspecified atom stereocenters. The molecule has 3 aliphatic rings. The van der Waals surface area contributed by atoms with Gasteiger partial charge in [0.15, 0.2) is 0 Å². The second-order valence-electron chi connectivity index (χ2n) is 5.96. The number of carbonyl (C=O) groups is 2. The number of hydrogen-bond donors (Lipinski definition) is 0. The van der Waals surface area contributed by atoms with Gasteiger partial charge in [-0.15, -0.1) is 0 Å². The molecule has 0 bridgehead atoms. The van der Waals surface area contributed by atoms with Gasteiger partial charge in [-0.05, 0) is 24.3 Å². The zero-order chi connectivity index (χ0) is 15.4. The number of para-hydroxylation sites is 2. The molecule has 0 aromatic heterocycles. The van der Waals surface area contributed by atoms with Crippen LogP contribution in [0.4, 0.5) is 5.69 Å². The van der Waals surface area contributed by atoms with E-state index in [0.29, 0.717) is 30.8 Å². The minimum atomic E-state index is -0.926. The van der Waals surface area contributed by atoms with Crippen molar-refractivity contribution in [2.45, 2.75) is 25.0 Å². The third-order valence-electron chi connectivity index (χ3n) is 5.02. The third kappa shape index (κ3) is 1.51. The Morgan fingerprint density at radius 1 is 1.36 bits per heavy atom. The van der Waals surface area contributed by atoms with E-state index in [1.54, 1.807) is 16.7 Å². The number of hydrogen-bond acceptors (Lipinski definition) is 5. The topological polar surface area (TPSA) is 55.8 Å². The molecule has 5 nitrogen and oxygen atoms in total. The van der Waals surface area contributed by atoms with Crippen molar-refractivity contribution in [3.63, 3.8) is 0 Å². The molecule has 4 rings (SSSR count). The molecule has 0 saturated carbocycles. The van der Waals surface area contributed by atoms with E-state index < -0.39 is 11.1 Å². The number of carbonyl (C=O) groups excluding carboxylic acids is 2. The van der Waals surface area contributed by atoms with Crippen molar-refractivity contribution in [1.82, 2.24) is 0 Å². The smallest absolute Gasteiger partial charge is 0.318 e. The van der Waals surface area contributed by atoms with Gasteiger partial charge in [0.2, 0.25) is 11.6 Å². The minimum Gasteiger partial charge on any atom is -0.468 e. The number of amides is 1. The first-order valence-corrected chi connectivity index (χ1v) is 8.57. The van der Waals surface area contributed by atoms with E-state index in [1.165, 1.54) is 7.11 Å². The van der Waals surface area contributed by atoms with Crippen molar-refractivity contribution in [2.75, 3.05) is 23.5 Å². The lowest BCUT2D eigenvalue weighted by Crippen LogP contribution is -2.71. The first-order chi connectivity index (χ1) is 10.6. The van der Waals surface area contributed by atoms with Gasteiger partial charge < -0.3 is 9.47 Å². The molecule has 0 N–H and O–H groups in total. The van der Waals surface area contributed by atoms with Crippen LogP contribution in [0.15, 0.2) is 24.3 Å². The molecule has 2 atom stereocenters. The fourth-order valence-corrected chi connectivity index (χ4v) is 5.39. The number of fused-ring (bicyclic) bond motifs is 2. The fraction of sp³-hybridized carbons (Fsp3) is 0.500. The molecule has 0 aliphatic carbocycles. The number of nitrogens with zero attached hydrogens (tertiary/aromatic N) is 1. The van der Waals surface area contributed by atoms with Crippen LogP contribution in [0, 0.1) is 5.41 Å². The standard InChI is InChI=1S/C16H17NO4S/c1-20-14(19)15-7-6-13(18)17-11-4-2-3-5-12(11)21-16(15,17)8-9-22-10-15/h2-5H,6-10H2,1H3. The van der Waals surface area contributed by atoms with E-state index in [0.717, 1.165) is 11.4 Å². The largest absolute Gasteiger partial charge is 0.468 e. The van der Waals surface area contributed by atoms with Gasteiger partial charge in [-0.1, -0.05) is 12.1 Å². The first-order valence-electron chi connectivity index (χ1n) is 7.42. The molecule has 2 saturated heterocycles. The number of methoxy groups -OCH3 is 1. The van der Waals surface area contributed by atoms with Gasteiger partial charge >= 0.3 is 5.97 Å². The Kier molecular flexibility index (Phi) is 2.95. The predicted molar refractivity (Wildman–Crippen MR) is 82.9 cm³/mol. The van der Waals surface area contributed by atoms with Crippen molar-refractivity contribution in [3.8, 4) is 5.75 Å². The lowest BCUT2D eigenvalue weighted by Gasteiger charge is -2.54. The number of thioether (sulfide) groups is 1. The zero-order valence-corrected chi connectivity index (χ0v) is 13.1. The second-order valence-corrected chi connectivity index (χ2v) is 7.06. The van der Waals surface area contributed by atoms with Crippen LogP contribution in [0.5, 0.6) is 5.75 Å². The second kappa shape index (κ2) is 4.65. The molecule has 22 heavy (non-hydrogen) atoms. The van der Waals surface area contributed by atoms with Gasteiger partial charge in [-0.3, -0.25) is 14.5 Å². The molecule has 1 amide bonds. The highest BCUT2D eigenvalue weighted by atomic mass is 32.2. The van der Waals surface area contributed by atoms with Crippen LogP contribution in [0.2, 0.25) is 0 Å². The van der Waals surface area contributed by atoms with Crippen molar-refractivity contribution < 1.29 is 19.1 Å². The maximum absolute atomic E-state index is 12.7. The number of ether oxygens (including phenoxy) is 2. The van der Waals surface area contributed by atoms with E-state index in [-0.39, 0.29) is 11.9 Å². The van der Waals surface area contributed by atoms with Crippen molar-refractivity contribution >= 4 is 29.3 Å². The molecule has 1 aromatic rings. The molecule has 3 aliphatic heterocycles. The SMILES string of the molecule is COC(=O)C12CCC(=O)N3c4ccccc4OC31CCSC2. The van der Waals surface area contributed by atoms with Gasteiger partial charge in [0, 0.05) is 18.6 Å². The molecule has 0 radical (unpaired) electrons. The van der Waals surface area contributed by atoms with Crippen molar-refractivity contribution in [2.24, 2.45) is 5.41 Å². The summed E-state index contributed by atoms with van der Waals surface area (Å²) in [5, 5.41) is 0.